The Kier molecular flexibility index (Phi) is 4.54. The molecule has 0 aliphatic carbocycles. The summed E-state index contributed by atoms with van der Waals surface area (Å²) in [7, 11) is 0. The van der Waals surface area contributed by atoms with Crippen molar-refractivity contribution in [2.75, 3.05) is 6.61 Å². The van der Waals surface area contributed by atoms with Crippen LogP contribution in [0.2, 0.25) is 0 Å². The Morgan fingerprint density at radius 2 is 2.05 bits per heavy atom. The first kappa shape index (κ1) is 14.4. The van der Waals surface area contributed by atoms with Crippen molar-refractivity contribution < 1.29 is 5.11 Å². The number of aromatic nitrogens is 3. The number of fused-ring (bicyclic) bond motifs is 1. The molecule has 0 unspecified atom stereocenters. The molecule has 0 amide bonds. The summed E-state index contributed by atoms with van der Waals surface area (Å²) in [5.74, 6) is 0. The van der Waals surface area contributed by atoms with Gasteiger partial charge in [0.05, 0.1) is 24.7 Å². The van der Waals surface area contributed by atoms with Crippen molar-refractivity contribution in [3.05, 3.63) is 28.9 Å². The number of rotatable bonds is 6. The molecule has 0 aliphatic heterocycles. The average molecular weight is 327 g/mol. The zero-order chi connectivity index (χ0) is 13.9. The fourth-order valence-corrected chi connectivity index (χ4v) is 2.41. The Bertz CT molecular complexity index is 542. The molecule has 0 aliphatic rings. The molecule has 6 heteroatoms. The number of aliphatic hydroxyl groups is 1. The van der Waals surface area contributed by atoms with Crippen molar-refractivity contribution in [2.45, 2.75) is 38.8 Å². The van der Waals surface area contributed by atoms with Crippen LogP contribution in [0.15, 0.2) is 23.2 Å². The minimum Gasteiger partial charge on any atom is -0.394 e. The summed E-state index contributed by atoms with van der Waals surface area (Å²) in [5.41, 5.74) is 1.66. The van der Waals surface area contributed by atoms with Gasteiger partial charge in [-0.25, -0.2) is 9.97 Å². The largest absolute Gasteiger partial charge is 0.394 e. The zero-order valence-electron chi connectivity index (χ0n) is 11.2. The third kappa shape index (κ3) is 2.96. The van der Waals surface area contributed by atoms with Crippen LogP contribution in [0.25, 0.3) is 5.65 Å². The van der Waals surface area contributed by atoms with Gasteiger partial charge in [0.2, 0.25) is 0 Å². The maximum Gasteiger partial charge on any atom is 0.155 e. The Labute approximate surface area is 121 Å². The van der Waals surface area contributed by atoms with Crippen LogP contribution in [-0.2, 0) is 6.54 Å². The molecule has 0 aromatic carbocycles. The van der Waals surface area contributed by atoms with Gasteiger partial charge in [-0.1, -0.05) is 13.8 Å². The molecule has 5 nitrogen and oxygen atoms in total. The maximum absolute atomic E-state index is 9.56. The number of hydrogen-bond donors (Lipinski definition) is 2. The van der Waals surface area contributed by atoms with E-state index in [0.717, 1.165) is 28.8 Å². The summed E-state index contributed by atoms with van der Waals surface area (Å²) >= 11 is 3.36. The van der Waals surface area contributed by atoms with E-state index in [0.29, 0.717) is 6.54 Å². The Morgan fingerprint density at radius 3 is 2.68 bits per heavy atom. The third-order valence-corrected chi connectivity index (χ3v) is 4.15. The average Bonchev–Trinajstić information content (AvgIpc) is 2.83. The van der Waals surface area contributed by atoms with E-state index in [2.05, 4.69) is 45.1 Å². The van der Waals surface area contributed by atoms with Crippen molar-refractivity contribution in [3.8, 4) is 0 Å². The van der Waals surface area contributed by atoms with Gasteiger partial charge < -0.3 is 10.4 Å². The molecule has 0 radical (unpaired) electrons. The van der Waals surface area contributed by atoms with Crippen LogP contribution in [0.3, 0.4) is 0 Å². The SMILES string of the molecule is CCC(CC)(CO)NCc1cnc2cnc(Br)cn12. The third-order valence-electron chi connectivity index (χ3n) is 3.74. The molecule has 0 atom stereocenters. The molecule has 104 valence electrons. The molecule has 0 spiro atoms. The van der Waals surface area contributed by atoms with E-state index in [9.17, 15) is 5.11 Å². The highest BCUT2D eigenvalue weighted by molar-refractivity contribution is 9.10. The molecule has 2 N–H and O–H groups in total. The summed E-state index contributed by atoms with van der Waals surface area (Å²) in [6.45, 7) is 4.98. The van der Waals surface area contributed by atoms with Gasteiger partial charge in [0.25, 0.3) is 0 Å². The molecule has 19 heavy (non-hydrogen) atoms. The maximum atomic E-state index is 9.56. The first-order chi connectivity index (χ1) is 9.14. The molecule has 2 aromatic heterocycles. The van der Waals surface area contributed by atoms with Gasteiger partial charge in [-0.2, -0.15) is 0 Å². The second kappa shape index (κ2) is 5.98. The van der Waals surface area contributed by atoms with Crippen molar-refractivity contribution in [1.29, 1.82) is 0 Å². The van der Waals surface area contributed by atoms with E-state index < -0.39 is 0 Å². The van der Waals surface area contributed by atoms with Gasteiger partial charge in [0, 0.05) is 18.3 Å². The van der Waals surface area contributed by atoms with Crippen LogP contribution in [-0.4, -0.2) is 31.6 Å². The predicted molar refractivity (Wildman–Crippen MR) is 77.9 cm³/mol. The lowest BCUT2D eigenvalue weighted by molar-refractivity contribution is 0.149. The number of aliphatic hydroxyl groups excluding tert-OH is 1. The fourth-order valence-electron chi connectivity index (χ4n) is 2.10. The molecule has 0 fully saturated rings. The van der Waals surface area contributed by atoms with Crippen molar-refractivity contribution in [1.82, 2.24) is 19.7 Å². The number of halogens is 1. The predicted octanol–water partition coefficient (Wildman–Crippen LogP) is 2.13. The second-order valence-corrected chi connectivity index (χ2v) is 5.50. The Morgan fingerprint density at radius 1 is 1.32 bits per heavy atom. The minimum absolute atomic E-state index is 0.141. The first-order valence-electron chi connectivity index (χ1n) is 6.47. The van der Waals surface area contributed by atoms with Crippen molar-refractivity contribution in [2.24, 2.45) is 0 Å². The van der Waals surface area contributed by atoms with Crippen LogP contribution in [0.5, 0.6) is 0 Å². The van der Waals surface area contributed by atoms with E-state index in [1.54, 1.807) is 6.20 Å². The summed E-state index contributed by atoms with van der Waals surface area (Å²) in [5, 5.41) is 13.0. The number of nitrogens with zero attached hydrogens (tertiary/aromatic N) is 3. The van der Waals surface area contributed by atoms with E-state index in [1.165, 1.54) is 0 Å². The van der Waals surface area contributed by atoms with Crippen LogP contribution in [0, 0.1) is 0 Å². The molecular weight excluding hydrogens is 308 g/mol. The van der Waals surface area contributed by atoms with Gasteiger partial charge in [-0.05, 0) is 28.8 Å². The van der Waals surface area contributed by atoms with Gasteiger partial charge in [0.15, 0.2) is 5.65 Å². The Hall–Kier alpha value is -0.980. The number of hydrogen-bond acceptors (Lipinski definition) is 4. The number of imidazole rings is 1. The van der Waals surface area contributed by atoms with Crippen LogP contribution >= 0.6 is 15.9 Å². The quantitative estimate of drug-likeness (QED) is 0.853. The molecule has 0 bridgehead atoms. The van der Waals surface area contributed by atoms with E-state index >= 15 is 0 Å². The molecule has 2 rings (SSSR count). The van der Waals surface area contributed by atoms with Crippen LogP contribution in [0.4, 0.5) is 0 Å². The second-order valence-electron chi connectivity index (χ2n) is 4.69. The van der Waals surface area contributed by atoms with Gasteiger partial charge in [-0.15, -0.1) is 0 Å². The first-order valence-corrected chi connectivity index (χ1v) is 7.27. The van der Waals surface area contributed by atoms with Crippen molar-refractivity contribution in [3.63, 3.8) is 0 Å². The molecule has 2 heterocycles. The molecule has 0 saturated carbocycles. The van der Waals surface area contributed by atoms with E-state index in [4.69, 9.17) is 0 Å². The minimum atomic E-state index is -0.214. The van der Waals surface area contributed by atoms with Crippen LogP contribution in [0.1, 0.15) is 32.4 Å². The zero-order valence-corrected chi connectivity index (χ0v) is 12.8. The van der Waals surface area contributed by atoms with Gasteiger partial charge >= 0.3 is 0 Å². The standard InChI is InChI=1S/C13H19BrN4O/c1-3-13(4-2,9-19)17-6-10-5-16-12-7-15-11(14)8-18(10)12/h5,7-8,17,19H,3-4,6,9H2,1-2H3. The molecule has 0 saturated heterocycles. The van der Waals surface area contributed by atoms with Crippen LogP contribution < -0.4 is 5.32 Å². The lowest BCUT2D eigenvalue weighted by Gasteiger charge is -2.30. The molecule has 2 aromatic rings. The fraction of sp³-hybridized carbons (Fsp3) is 0.538. The summed E-state index contributed by atoms with van der Waals surface area (Å²) in [4.78, 5) is 8.47. The summed E-state index contributed by atoms with van der Waals surface area (Å²) in [6.07, 6.45) is 7.25. The summed E-state index contributed by atoms with van der Waals surface area (Å²) < 4.78 is 2.77. The lowest BCUT2D eigenvalue weighted by atomic mass is 9.94. The molecular formula is C13H19BrN4O. The monoisotopic (exact) mass is 326 g/mol. The smallest absolute Gasteiger partial charge is 0.155 e. The highest BCUT2D eigenvalue weighted by Crippen LogP contribution is 2.16. The summed E-state index contributed by atoms with van der Waals surface area (Å²) in [6, 6.07) is 0. The normalized spacial score (nSPS) is 12.2. The topological polar surface area (TPSA) is 62.5 Å². The highest BCUT2D eigenvalue weighted by Gasteiger charge is 2.24. The van der Waals surface area contributed by atoms with E-state index in [1.807, 2.05) is 16.8 Å². The lowest BCUT2D eigenvalue weighted by Crippen LogP contribution is -2.47. The van der Waals surface area contributed by atoms with Gasteiger partial charge in [-0.3, -0.25) is 4.40 Å². The van der Waals surface area contributed by atoms with E-state index in [-0.39, 0.29) is 12.1 Å². The highest BCUT2D eigenvalue weighted by atomic mass is 79.9. The number of nitrogens with one attached hydrogen (secondary N) is 1. The Balaban J connectivity index is 2.20. The van der Waals surface area contributed by atoms with Crippen molar-refractivity contribution >= 4 is 21.6 Å². The van der Waals surface area contributed by atoms with Gasteiger partial charge in [0.1, 0.15) is 4.60 Å².